The lowest BCUT2D eigenvalue weighted by Crippen LogP contribution is -2.04. The third kappa shape index (κ3) is 2.77. The van der Waals surface area contributed by atoms with E-state index < -0.39 is 0 Å². The molecule has 3 nitrogen and oxygen atoms in total. The Hall–Kier alpha value is -5.33. The minimum atomic E-state index is 0.635. The van der Waals surface area contributed by atoms with Crippen LogP contribution in [0.25, 0.3) is 65.8 Å². The Morgan fingerprint density at radius 3 is 1.66 bits per heavy atom. The van der Waals surface area contributed by atoms with E-state index in [0.29, 0.717) is 5.56 Å². The largest absolute Gasteiger partial charge is 0.307 e. The molecule has 2 heterocycles. The quantitative estimate of drug-likeness (QED) is 0.242. The molecule has 0 saturated carbocycles. The van der Waals surface area contributed by atoms with Crippen LogP contribution in [0.2, 0.25) is 0 Å². The lowest BCUT2D eigenvalue weighted by atomic mass is 10.1. The van der Waals surface area contributed by atoms with E-state index in [0.717, 1.165) is 27.9 Å². The number of hydrogen-bond acceptors (Lipinski definition) is 1. The van der Waals surface area contributed by atoms with E-state index >= 15 is 0 Å². The standard InChI is InChI=1S/C35H21N3/c36-22-23-17-20-33(34(21-23)37-30-14-6-3-11-26(30)27-12-4-7-15-31(27)37)38-32-16-8-5-13-28(32)29-19-18-24-9-1-2-10-25(24)35(29)38/h1-21H. The highest BCUT2D eigenvalue weighted by molar-refractivity contribution is 6.19. The van der Waals surface area contributed by atoms with Crippen LogP contribution in [-0.4, -0.2) is 9.13 Å². The maximum atomic E-state index is 9.93. The second kappa shape index (κ2) is 7.83. The number of benzene rings is 6. The first-order valence-corrected chi connectivity index (χ1v) is 12.8. The van der Waals surface area contributed by atoms with Gasteiger partial charge in [-0.1, -0.05) is 91.0 Å². The highest BCUT2D eigenvalue weighted by Gasteiger charge is 2.20. The first-order valence-electron chi connectivity index (χ1n) is 12.8. The Bertz CT molecular complexity index is 2200. The predicted octanol–water partition coefficient (Wildman–Crippen LogP) is 8.91. The summed E-state index contributed by atoms with van der Waals surface area (Å²) in [5.74, 6) is 0. The number of rotatable bonds is 2. The summed E-state index contributed by atoms with van der Waals surface area (Å²) in [5.41, 5.74) is 7.22. The summed E-state index contributed by atoms with van der Waals surface area (Å²) in [7, 11) is 0. The maximum absolute atomic E-state index is 9.93. The van der Waals surface area contributed by atoms with Gasteiger partial charge in [0.2, 0.25) is 0 Å². The molecule has 2 aromatic heterocycles. The van der Waals surface area contributed by atoms with Crippen molar-refractivity contribution in [1.82, 2.24) is 9.13 Å². The zero-order valence-corrected chi connectivity index (χ0v) is 20.5. The molecule has 0 spiro atoms. The van der Waals surface area contributed by atoms with Gasteiger partial charge >= 0.3 is 0 Å². The molecule has 0 bridgehead atoms. The molecular weight excluding hydrogens is 462 g/mol. The zero-order chi connectivity index (χ0) is 25.2. The highest BCUT2D eigenvalue weighted by Crippen LogP contribution is 2.40. The molecule has 8 rings (SSSR count). The number of para-hydroxylation sites is 3. The summed E-state index contributed by atoms with van der Waals surface area (Å²) < 4.78 is 4.69. The summed E-state index contributed by atoms with van der Waals surface area (Å²) in [5, 5.41) is 17.2. The molecule has 0 atom stereocenters. The van der Waals surface area contributed by atoms with Gasteiger partial charge in [-0.25, -0.2) is 0 Å². The summed E-state index contributed by atoms with van der Waals surface area (Å²) in [6.07, 6.45) is 0. The molecule has 3 heteroatoms. The van der Waals surface area contributed by atoms with Gasteiger partial charge in [0, 0.05) is 26.9 Å². The van der Waals surface area contributed by atoms with Crippen LogP contribution in [0.3, 0.4) is 0 Å². The van der Waals surface area contributed by atoms with E-state index in [1.165, 1.54) is 37.8 Å². The molecule has 0 unspecified atom stereocenters. The molecule has 0 aliphatic rings. The molecule has 0 radical (unpaired) electrons. The fraction of sp³-hybridized carbons (Fsp3) is 0. The van der Waals surface area contributed by atoms with Crippen molar-refractivity contribution in [3.8, 4) is 17.4 Å². The highest BCUT2D eigenvalue weighted by atomic mass is 15.1. The summed E-state index contributed by atoms with van der Waals surface area (Å²) in [6.45, 7) is 0. The molecular formula is C35H21N3. The average molecular weight is 484 g/mol. The Morgan fingerprint density at radius 1 is 0.447 bits per heavy atom. The number of fused-ring (bicyclic) bond motifs is 8. The molecule has 8 aromatic rings. The predicted molar refractivity (Wildman–Crippen MR) is 157 cm³/mol. The lowest BCUT2D eigenvalue weighted by Gasteiger charge is -2.17. The third-order valence-electron chi connectivity index (χ3n) is 7.73. The number of aromatic nitrogens is 2. The molecule has 6 aromatic carbocycles. The fourth-order valence-electron chi connectivity index (χ4n) is 6.12. The number of hydrogen-bond donors (Lipinski definition) is 0. The first-order chi connectivity index (χ1) is 18.8. The van der Waals surface area contributed by atoms with Crippen LogP contribution in [0.5, 0.6) is 0 Å². The van der Waals surface area contributed by atoms with Crippen LogP contribution in [-0.2, 0) is 0 Å². The van der Waals surface area contributed by atoms with Gasteiger partial charge in [0.25, 0.3) is 0 Å². The van der Waals surface area contributed by atoms with Gasteiger partial charge in [0.15, 0.2) is 0 Å². The van der Waals surface area contributed by atoms with Gasteiger partial charge in [-0.2, -0.15) is 5.26 Å². The van der Waals surface area contributed by atoms with Gasteiger partial charge in [0.1, 0.15) is 0 Å². The monoisotopic (exact) mass is 483 g/mol. The van der Waals surface area contributed by atoms with Crippen molar-refractivity contribution in [1.29, 1.82) is 5.26 Å². The van der Waals surface area contributed by atoms with Crippen LogP contribution in [0.15, 0.2) is 127 Å². The first kappa shape index (κ1) is 20.8. The van der Waals surface area contributed by atoms with Gasteiger partial charge in [-0.05, 0) is 41.8 Å². The average Bonchev–Trinajstić information content (AvgIpc) is 3.50. The lowest BCUT2D eigenvalue weighted by molar-refractivity contribution is 1.10. The van der Waals surface area contributed by atoms with E-state index in [2.05, 4.69) is 130 Å². The molecule has 38 heavy (non-hydrogen) atoms. The normalized spacial score (nSPS) is 11.7. The van der Waals surface area contributed by atoms with E-state index in [-0.39, 0.29) is 0 Å². The summed E-state index contributed by atoms with van der Waals surface area (Å²) in [6, 6.07) is 47.1. The van der Waals surface area contributed by atoms with Gasteiger partial charge < -0.3 is 9.13 Å². The Labute approximate surface area is 219 Å². The van der Waals surface area contributed by atoms with Gasteiger partial charge in [-0.15, -0.1) is 0 Å². The number of nitriles is 1. The molecule has 0 fully saturated rings. The molecule has 0 saturated heterocycles. The Kier molecular flexibility index (Phi) is 4.29. The van der Waals surface area contributed by atoms with Crippen LogP contribution >= 0.6 is 0 Å². The van der Waals surface area contributed by atoms with Crippen LogP contribution in [0.1, 0.15) is 5.56 Å². The van der Waals surface area contributed by atoms with Crippen molar-refractivity contribution in [2.45, 2.75) is 0 Å². The van der Waals surface area contributed by atoms with Crippen molar-refractivity contribution < 1.29 is 0 Å². The van der Waals surface area contributed by atoms with Crippen molar-refractivity contribution in [2.24, 2.45) is 0 Å². The second-order valence-electron chi connectivity index (χ2n) is 9.72. The second-order valence-corrected chi connectivity index (χ2v) is 9.72. The van der Waals surface area contributed by atoms with Crippen molar-refractivity contribution in [2.75, 3.05) is 0 Å². The fourth-order valence-corrected chi connectivity index (χ4v) is 6.12. The zero-order valence-electron chi connectivity index (χ0n) is 20.5. The van der Waals surface area contributed by atoms with Gasteiger partial charge in [0.05, 0.1) is 45.1 Å². The van der Waals surface area contributed by atoms with E-state index in [9.17, 15) is 5.26 Å². The topological polar surface area (TPSA) is 33.6 Å². The minimum absolute atomic E-state index is 0.635. The number of nitrogens with zero attached hydrogens (tertiary/aromatic N) is 3. The van der Waals surface area contributed by atoms with Crippen LogP contribution in [0.4, 0.5) is 0 Å². The Balaban J connectivity index is 1.60. The van der Waals surface area contributed by atoms with Crippen molar-refractivity contribution in [3.63, 3.8) is 0 Å². The van der Waals surface area contributed by atoms with Crippen molar-refractivity contribution in [3.05, 3.63) is 133 Å². The van der Waals surface area contributed by atoms with Crippen molar-refractivity contribution >= 4 is 54.4 Å². The van der Waals surface area contributed by atoms with E-state index in [1.807, 2.05) is 12.1 Å². The van der Waals surface area contributed by atoms with E-state index in [4.69, 9.17) is 0 Å². The third-order valence-corrected chi connectivity index (χ3v) is 7.73. The smallest absolute Gasteiger partial charge is 0.0992 e. The maximum Gasteiger partial charge on any atom is 0.0992 e. The molecule has 0 amide bonds. The SMILES string of the molecule is N#Cc1ccc(-n2c3ccccc3c3ccc4ccccc4c32)c(-n2c3ccccc3c3ccccc32)c1. The Morgan fingerprint density at radius 2 is 1.00 bits per heavy atom. The molecule has 0 aliphatic heterocycles. The van der Waals surface area contributed by atoms with Gasteiger partial charge in [-0.3, -0.25) is 0 Å². The molecule has 0 N–H and O–H groups in total. The minimum Gasteiger partial charge on any atom is -0.307 e. The van der Waals surface area contributed by atoms with Crippen LogP contribution < -0.4 is 0 Å². The van der Waals surface area contributed by atoms with E-state index in [1.54, 1.807) is 0 Å². The molecule has 176 valence electrons. The molecule has 0 aliphatic carbocycles. The summed E-state index contributed by atoms with van der Waals surface area (Å²) in [4.78, 5) is 0. The van der Waals surface area contributed by atoms with Crippen LogP contribution in [0, 0.1) is 11.3 Å². The summed E-state index contributed by atoms with van der Waals surface area (Å²) >= 11 is 0.